The van der Waals surface area contributed by atoms with E-state index in [1.54, 1.807) is 0 Å². The second-order valence-electron chi connectivity index (χ2n) is 5.27. The normalized spacial score (nSPS) is 29.1. The number of anilines is 1. The number of imidazole rings is 1. The molecule has 0 aromatic carbocycles. The molecule has 1 aliphatic heterocycles. The van der Waals surface area contributed by atoms with Gasteiger partial charge in [-0.05, 0) is 0 Å². The average molecular weight is 377 g/mol. The zero-order valence-corrected chi connectivity index (χ0v) is 13.7. The Bertz CT molecular complexity index is 883. The number of aromatic nitrogens is 4. The van der Waals surface area contributed by atoms with Crippen LogP contribution in [0, 0.1) is 0 Å². The molecule has 1 fully saturated rings. The minimum absolute atomic E-state index is 0.0292. The summed E-state index contributed by atoms with van der Waals surface area (Å²) in [7, 11) is -3.29. The number of phosphoric ester groups is 1. The number of H-pyrrole nitrogens is 1. The second kappa shape index (κ2) is 6.46. The van der Waals surface area contributed by atoms with Crippen molar-refractivity contribution in [1.29, 1.82) is 0 Å². The smallest absolute Gasteiger partial charge is 0.387 e. The molecule has 0 amide bonds. The van der Waals surface area contributed by atoms with E-state index in [0.717, 1.165) is 7.11 Å². The van der Waals surface area contributed by atoms with Crippen LogP contribution in [0.5, 0.6) is 0 Å². The third kappa shape index (κ3) is 3.30. The van der Waals surface area contributed by atoms with Gasteiger partial charge in [-0.25, -0.2) is 9.55 Å². The van der Waals surface area contributed by atoms with Crippen molar-refractivity contribution < 1.29 is 33.5 Å². The predicted octanol–water partition coefficient (Wildman–Crippen LogP) is -1.92. The molecule has 0 aliphatic carbocycles. The number of hydrogen-bond donors (Lipinski definition) is 5. The topological polar surface area (TPSA) is 195 Å². The fraction of sp³-hybridized carbons (Fsp3) is 0.545. The van der Waals surface area contributed by atoms with Crippen LogP contribution in [0.25, 0.3) is 11.2 Å². The van der Waals surface area contributed by atoms with Gasteiger partial charge >= 0.3 is 7.82 Å². The Morgan fingerprint density at radius 2 is 2.20 bits per heavy atom. The maximum absolute atomic E-state index is 11.8. The fourth-order valence-corrected chi connectivity index (χ4v) is 2.89. The third-order valence-electron chi connectivity index (χ3n) is 3.69. The lowest BCUT2D eigenvalue weighted by molar-refractivity contribution is -0.0509. The van der Waals surface area contributed by atoms with Crippen molar-refractivity contribution in [2.45, 2.75) is 24.5 Å². The summed E-state index contributed by atoms with van der Waals surface area (Å²) >= 11 is 0. The molecule has 0 spiro atoms. The minimum Gasteiger partial charge on any atom is -0.387 e. The maximum Gasteiger partial charge on any atom is 0.472 e. The first-order valence-electron chi connectivity index (χ1n) is 7.00. The highest BCUT2D eigenvalue weighted by atomic mass is 31.2. The number of nitrogens with one attached hydrogen (secondary N) is 1. The Labute approximate surface area is 139 Å². The second-order valence-corrected chi connectivity index (χ2v) is 6.83. The molecule has 13 nitrogen and oxygen atoms in total. The van der Waals surface area contributed by atoms with Gasteiger partial charge in [-0.3, -0.25) is 23.4 Å². The molecular formula is C11H16N5O8P. The number of hydrogen-bond acceptors (Lipinski definition) is 10. The van der Waals surface area contributed by atoms with Crippen molar-refractivity contribution in [1.82, 2.24) is 19.5 Å². The Morgan fingerprint density at radius 3 is 2.88 bits per heavy atom. The summed E-state index contributed by atoms with van der Waals surface area (Å²) in [5, 5.41) is 20.3. The molecule has 0 bridgehead atoms. The molecule has 5 atom stereocenters. The first-order valence-corrected chi connectivity index (χ1v) is 8.50. The molecule has 14 heteroatoms. The Balaban J connectivity index is 1.87. The molecule has 25 heavy (non-hydrogen) atoms. The van der Waals surface area contributed by atoms with E-state index in [9.17, 15) is 24.5 Å². The van der Waals surface area contributed by atoms with E-state index in [4.69, 9.17) is 10.5 Å². The van der Waals surface area contributed by atoms with Gasteiger partial charge in [0.2, 0.25) is 5.95 Å². The number of phosphoric acid groups is 1. The van der Waals surface area contributed by atoms with Crippen molar-refractivity contribution >= 4 is 24.9 Å². The first-order chi connectivity index (χ1) is 11.7. The van der Waals surface area contributed by atoms with Gasteiger partial charge in [-0.1, -0.05) is 0 Å². The van der Waals surface area contributed by atoms with Gasteiger partial charge < -0.3 is 25.6 Å². The molecule has 1 saturated heterocycles. The number of aromatic amines is 1. The molecule has 1 aliphatic rings. The molecule has 3 rings (SSSR count). The van der Waals surface area contributed by atoms with Gasteiger partial charge in [0.15, 0.2) is 17.4 Å². The summed E-state index contributed by atoms with van der Waals surface area (Å²) in [5.74, 6) is -0.159. The molecule has 0 saturated carbocycles. The fourth-order valence-electron chi connectivity index (χ4n) is 2.45. The van der Waals surface area contributed by atoms with Gasteiger partial charge in [0.05, 0.1) is 12.9 Å². The van der Waals surface area contributed by atoms with Crippen LogP contribution in [0.15, 0.2) is 11.1 Å². The van der Waals surface area contributed by atoms with Crippen LogP contribution < -0.4 is 11.3 Å². The lowest BCUT2D eigenvalue weighted by Gasteiger charge is -2.17. The number of aliphatic hydroxyl groups is 2. The molecule has 6 N–H and O–H groups in total. The maximum atomic E-state index is 11.8. The third-order valence-corrected chi connectivity index (χ3v) is 4.63. The molecule has 0 radical (unpaired) electrons. The van der Waals surface area contributed by atoms with Crippen molar-refractivity contribution in [3.8, 4) is 0 Å². The Kier molecular flexibility index (Phi) is 4.64. The van der Waals surface area contributed by atoms with Crippen LogP contribution in [0.3, 0.4) is 0 Å². The number of nitrogens with zero attached hydrogens (tertiary/aromatic N) is 3. The highest BCUT2D eigenvalue weighted by molar-refractivity contribution is 7.47. The van der Waals surface area contributed by atoms with Crippen LogP contribution in [0.2, 0.25) is 0 Å². The zero-order valence-electron chi connectivity index (χ0n) is 12.8. The quantitative estimate of drug-likeness (QED) is 0.364. The van der Waals surface area contributed by atoms with E-state index in [1.165, 1.54) is 10.9 Å². The number of fused-ring (bicyclic) bond motifs is 1. The largest absolute Gasteiger partial charge is 0.472 e. The SMILES string of the molecule is COP(=O)(O)OC[C@H]1O[C@@H](n2cnc3c(=O)[nH]c(N)nc32)C(O)C1O. The summed E-state index contributed by atoms with van der Waals surface area (Å²) in [4.78, 5) is 31.1. The van der Waals surface area contributed by atoms with E-state index >= 15 is 0 Å². The van der Waals surface area contributed by atoms with E-state index in [0.29, 0.717) is 0 Å². The van der Waals surface area contributed by atoms with Crippen LogP contribution in [-0.2, 0) is 18.3 Å². The molecule has 3 unspecified atom stereocenters. The van der Waals surface area contributed by atoms with Crippen LogP contribution in [-0.4, -0.2) is 66.7 Å². The minimum atomic E-state index is -4.27. The van der Waals surface area contributed by atoms with Crippen LogP contribution >= 0.6 is 7.82 Å². The zero-order chi connectivity index (χ0) is 18.4. The standard InChI is InChI=1S/C11H16N5O8P/c1-22-25(20,21)23-2-4-6(17)7(18)10(24-4)16-3-13-5-8(16)14-11(12)15-9(5)19/h3-4,6-7,10,17-18H,2H2,1H3,(H,20,21)(H3,12,14,15,19)/t4-,6?,7?,10-/m1/s1. The summed E-state index contributed by atoms with van der Waals surface area (Å²) in [6.07, 6.45) is -3.97. The Morgan fingerprint density at radius 1 is 1.48 bits per heavy atom. The van der Waals surface area contributed by atoms with Crippen molar-refractivity contribution in [3.63, 3.8) is 0 Å². The number of nitrogens with two attached hydrogens (primary N) is 1. The van der Waals surface area contributed by atoms with Crippen molar-refractivity contribution in [2.75, 3.05) is 19.5 Å². The van der Waals surface area contributed by atoms with E-state index in [-0.39, 0.29) is 17.1 Å². The van der Waals surface area contributed by atoms with Gasteiger partial charge in [-0.2, -0.15) is 4.98 Å². The summed E-state index contributed by atoms with van der Waals surface area (Å²) in [6, 6.07) is 0. The summed E-state index contributed by atoms with van der Waals surface area (Å²) in [5.41, 5.74) is 4.94. The van der Waals surface area contributed by atoms with Crippen LogP contribution in [0.4, 0.5) is 5.95 Å². The number of ether oxygens (including phenoxy) is 1. The number of nitrogen functional groups attached to an aromatic ring is 1. The highest BCUT2D eigenvalue weighted by Gasteiger charge is 2.45. The molecule has 2 aromatic rings. The van der Waals surface area contributed by atoms with Crippen molar-refractivity contribution in [2.24, 2.45) is 0 Å². The van der Waals surface area contributed by atoms with Crippen LogP contribution in [0.1, 0.15) is 6.23 Å². The summed E-state index contributed by atoms with van der Waals surface area (Å²) in [6.45, 7) is -0.515. The lowest BCUT2D eigenvalue weighted by Crippen LogP contribution is -2.33. The Hall–Kier alpha value is -1.86. The molecule has 2 aromatic heterocycles. The lowest BCUT2D eigenvalue weighted by atomic mass is 10.1. The van der Waals surface area contributed by atoms with Gasteiger partial charge in [-0.15, -0.1) is 0 Å². The first kappa shape index (κ1) is 17.9. The number of rotatable bonds is 5. The number of aliphatic hydroxyl groups excluding tert-OH is 2. The van der Waals surface area contributed by atoms with E-state index in [1.807, 2.05) is 0 Å². The monoisotopic (exact) mass is 377 g/mol. The summed E-state index contributed by atoms with van der Waals surface area (Å²) < 4.78 is 26.9. The van der Waals surface area contributed by atoms with E-state index in [2.05, 4.69) is 24.0 Å². The highest BCUT2D eigenvalue weighted by Crippen LogP contribution is 2.43. The van der Waals surface area contributed by atoms with Crippen molar-refractivity contribution in [3.05, 3.63) is 16.7 Å². The average Bonchev–Trinajstić information content (AvgIpc) is 3.08. The molecule has 3 heterocycles. The molecule has 138 valence electrons. The van der Waals surface area contributed by atoms with E-state index < -0.39 is 44.5 Å². The predicted molar refractivity (Wildman–Crippen MR) is 81.3 cm³/mol. The molecular weight excluding hydrogens is 361 g/mol. The van der Waals surface area contributed by atoms with Gasteiger partial charge in [0, 0.05) is 7.11 Å². The van der Waals surface area contributed by atoms with Gasteiger partial charge in [0.25, 0.3) is 5.56 Å². The van der Waals surface area contributed by atoms with Gasteiger partial charge in [0.1, 0.15) is 18.3 Å².